The number of ether oxygens (including phenoxy) is 2. The minimum atomic E-state index is -0.305. The average Bonchev–Trinajstić information content (AvgIpc) is 3.33. The van der Waals surface area contributed by atoms with Crippen molar-refractivity contribution in [3.05, 3.63) is 54.1 Å². The Kier molecular flexibility index (Phi) is 5.21. The summed E-state index contributed by atoms with van der Waals surface area (Å²) in [5.41, 5.74) is 1.95. The molecule has 0 aliphatic carbocycles. The number of aromatic nitrogens is 3. The lowest BCUT2D eigenvalue weighted by molar-refractivity contribution is -0.120. The van der Waals surface area contributed by atoms with Crippen molar-refractivity contribution < 1.29 is 14.3 Å². The van der Waals surface area contributed by atoms with Gasteiger partial charge in [0.1, 0.15) is 0 Å². The topological polar surface area (TPSA) is 78.3 Å². The molecule has 3 aromatic rings. The Balaban J connectivity index is 1.36. The molecule has 1 aliphatic heterocycles. The lowest BCUT2D eigenvalue weighted by atomic mass is 10.2. The summed E-state index contributed by atoms with van der Waals surface area (Å²) in [6.07, 6.45) is 0. The molecule has 0 saturated heterocycles. The van der Waals surface area contributed by atoms with E-state index in [0.29, 0.717) is 17.5 Å². The molecular formula is C20H20N4O3S. The van der Waals surface area contributed by atoms with Crippen molar-refractivity contribution in [3.63, 3.8) is 0 Å². The third-order valence-electron chi connectivity index (χ3n) is 4.42. The maximum Gasteiger partial charge on any atom is 0.233 e. The van der Waals surface area contributed by atoms with Gasteiger partial charge in [0.25, 0.3) is 0 Å². The van der Waals surface area contributed by atoms with Gasteiger partial charge in [-0.1, -0.05) is 48.2 Å². The van der Waals surface area contributed by atoms with E-state index in [0.717, 1.165) is 22.7 Å². The van der Waals surface area contributed by atoms with Gasteiger partial charge in [-0.15, -0.1) is 10.2 Å². The molecule has 0 saturated carbocycles. The second-order valence-electron chi connectivity index (χ2n) is 6.40. The summed E-state index contributed by atoms with van der Waals surface area (Å²) >= 11 is 1.38. The number of rotatable bonds is 6. The summed E-state index contributed by atoms with van der Waals surface area (Å²) in [5.74, 6) is 2.15. The highest BCUT2D eigenvalue weighted by molar-refractivity contribution is 8.00. The number of hydrogen-bond donors (Lipinski definition) is 1. The fourth-order valence-electron chi connectivity index (χ4n) is 2.85. The van der Waals surface area contributed by atoms with Crippen molar-refractivity contribution in [3.8, 4) is 22.9 Å². The summed E-state index contributed by atoms with van der Waals surface area (Å²) < 4.78 is 12.6. The monoisotopic (exact) mass is 396 g/mol. The maximum absolute atomic E-state index is 12.5. The largest absolute Gasteiger partial charge is 0.454 e. The molecule has 8 heteroatoms. The zero-order valence-electron chi connectivity index (χ0n) is 15.6. The summed E-state index contributed by atoms with van der Waals surface area (Å²) in [6.45, 7) is 2.52. The first-order valence-corrected chi connectivity index (χ1v) is 9.77. The Morgan fingerprint density at radius 2 is 1.96 bits per heavy atom. The van der Waals surface area contributed by atoms with E-state index < -0.39 is 0 Å². The molecular weight excluding hydrogens is 376 g/mol. The van der Waals surface area contributed by atoms with Crippen LogP contribution in [0.4, 0.5) is 0 Å². The lowest BCUT2D eigenvalue weighted by Crippen LogP contribution is -2.30. The molecule has 4 rings (SSSR count). The van der Waals surface area contributed by atoms with Gasteiger partial charge >= 0.3 is 0 Å². The SMILES string of the molecule is C[C@H](Sc1nnc(-c2ccccc2)n1C)C(=O)NCc1ccc2c(c1)OCO2. The smallest absolute Gasteiger partial charge is 0.233 e. The Morgan fingerprint density at radius 3 is 2.79 bits per heavy atom. The third kappa shape index (κ3) is 3.82. The molecule has 1 N–H and O–H groups in total. The molecule has 1 aromatic heterocycles. The quantitative estimate of drug-likeness (QED) is 0.646. The molecule has 0 radical (unpaired) electrons. The fourth-order valence-corrected chi connectivity index (χ4v) is 3.69. The molecule has 0 fully saturated rings. The van der Waals surface area contributed by atoms with Crippen molar-refractivity contribution >= 4 is 17.7 Å². The molecule has 7 nitrogen and oxygen atoms in total. The Hall–Kier alpha value is -3.00. The molecule has 2 aromatic carbocycles. The molecule has 1 amide bonds. The number of hydrogen-bond acceptors (Lipinski definition) is 6. The molecule has 0 unspecified atom stereocenters. The molecule has 144 valence electrons. The van der Waals surface area contributed by atoms with Crippen LogP contribution < -0.4 is 14.8 Å². The Bertz CT molecular complexity index is 990. The lowest BCUT2D eigenvalue weighted by Gasteiger charge is -2.12. The molecule has 2 heterocycles. The molecule has 1 atom stereocenters. The maximum atomic E-state index is 12.5. The second-order valence-corrected chi connectivity index (χ2v) is 7.70. The predicted octanol–water partition coefficient (Wildman–Crippen LogP) is 3.01. The van der Waals surface area contributed by atoms with Gasteiger partial charge in [-0.25, -0.2) is 0 Å². The number of carbonyl (C=O) groups excluding carboxylic acids is 1. The van der Waals surface area contributed by atoms with E-state index in [9.17, 15) is 4.79 Å². The number of fused-ring (bicyclic) bond motifs is 1. The fraction of sp³-hybridized carbons (Fsp3) is 0.250. The number of benzene rings is 2. The molecule has 0 spiro atoms. The Morgan fingerprint density at radius 1 is 1.18 bits per heavy atom. The van der Waals surface area contributed by atoms with Crippen molar-refractivity contribution in [1.29, 1.82) is 0 Å². The highest BCUT2D eigenvalue weighted by atomic mass is 32.2. The van der Waals surface area contributed by atoms with E-state index in [1.165, 1.54) is 11.8 Å². The zero-order chi connectivity index (χ0) is 19.5. The molecule has 28 heavy (non-hydrogen) atoms. The first-order chi connectivity index (χ1) is 13.6. The summed E-state index contributed by atoms with van der Waals surface area (Å²) in [7, 11) is 1.90. The van der Waals surface area contributed by atoms with Crippen LogP contribution in [-0.2, 0) is 18.4 Å². The molecule has 1 aliphatic rings. The van der Waals surface area contributed by atoms with E-state index in [2.05, 4.69) is 15.5 Å². The predicted molar refractivity (Wildman–Crippen MR) is 106 cm³/mol. The van der Waals surface area contributed by atoms with Crippen LogP contribution in [0.1, 0.15) is 12.5 Å². The number of amides is 1. The van der Waals surface area contributed by atoms with Gasteiger partial charge < -0.3 is 19.4 Å². The highest BCUT2D eigenvalue weighted by Crippen LogP contribution is 2.32. The van der Waals surface area contributed by atoms with E-state index in [1.807, 2.05) is 67.1 Å². The average molecular weight is 396 g/mol. The van der Waals surface area contributed by atoms with Crippen molar-refractivity contribution in [2.45, 2.75) is 23.9 Å². The van der Waals surface area contributed by atoms with Gasteiger partial charge in [-0.05, 0) is 24.6 Å². The van der Waals surface area contributed by atoms with E-state index in [4.69, 9.17) is 9.47 Å². The van der Waals surface area contributed by atoms with Crippen molar-refractivity contribution in [2.75, 3.05) is 6.79 Å². The van der Waals surface area contributed by atoms with Gasteiger partial charge in [-0.3, -0.25) is 4.79 Å². The third-order valence-corrected chi connectivity index (χ3v) is 5.56. The van der Waals surface area contributed by atoms with Crippen LogP contribution >= 0.6 is 11.8 Å². The number of nitrogens with one attached hydrogen (secondary N) is 1. The first kappa shape index (κ1) is 18.4. The normalized spacial score (nSPS) is 13.4. The standard InChI is InChI=1S/C20H20N4O3S/c1-13(19(25)21-11-14-8-9-16-17(10-14)27-12-26-16)28-20-23-22-18(24(20)2)15-6-4-3-5-7-15/h3-10,13H,11-12H2,1-2H3,(H,21,25)/t13-/m0/s1. The molecule has 0 bridgehead atoms. The minimum absolute atomic E-state index is 0.0630. The van der Waals surface area contributed by atoms with Crippen LogP contribution in [0.2, 0.25) is 0 Å². The number of nitrogens with zero attached hydrogens (tertiary/aromatic N) is 3. The minimum Gasteiger partial charge on any atom is -0.454 e. The van der Waals surface area contributed by atoms with Crippen LogP contribution in [0.3, 0.4) is 0 Å². The van der Waals surface area contributed by atoms with Crippen molar-refractivity contribution in [2.24, 2.45) is 7.05 Å². The van der Waals surface area contributed by atoms with Crippen LogP contribution in [-0.4, -0.2) is 32.7 Å². The van der Waals surface area contributed by atoms with E-state index in [-0.39, 0.29) is 18.0 Å². The van der Waals surface area contributed by atoms with E-state index in [1.54, 1.807) is 0 Å². The van der Waals surface area contributed by atoms with Gasteiger partial charge in [0.15, 0.2) is 22.5 Å². The van der Waals surface area contributed by atoms with Gasteiger partial charge in [0, 0.05) is 19.2 Å². The first-order valence-electron chi connectivity index (χ1n) is 8.89. The van der Waals surface area contributed by atoms with Crippen LogP contribution in [0.5, 0.6) is 11.5 Å². The zero-order valence-corrected chi connectivity index (χ0v) is 16.4. The highest BCUT2D eigenvalue weighted by Gasteiger charge is 2.20. The van der Waals surface area contributed by atoms with Gasteiger partial charge in [0.05, 0.1) is 5.25 Å². The van der Waals surface area contributed by atoms with Gasteiger partial charge in [-0.2, -0.15) is 0 Å². The van der Waals surface area contributed by atoms with Crippen molar-refractivity contribution in [1.82, 2.24) is 20.1 Å². The number of thioether (sulfide) groups is 1. The van der Waals surface area contributed by atoms with Crippen LogP contribution in [0.15, 0.2) is 53.7 Å². The number of carbonyl (C=O) groups is 1. The van der Waals surface area contributed by atoms with Gasteiger partial charge in [0.2, 0.25) is 12.7 Å². The Labute approximate surface area is 167 Å². The summed E-state index contributed by atoms with van der Waals surface area (Å²) in [6, 6.07) is 15.5. The van der Waals surface area contributed by atoms with Crippen LogP contribution in [0.25, 0.3) is 11.4 Å². The summed E-state index contributed by atoms with van der Waals surface area (Å²) in [5, 5.41) is 11.8. The second kappa shape index (κ2) is 7.93. The van der Waals surface area contributed by atoms with E-state index >= 15 is 0 Å². The van der Waals surface area contributed by atoms with Crippen LogP contribution in [0, 0.1) is 0 Å². The summed E-state index contributed by atoms with van der Waals surface area (Å²) in [4.78, 5) is 12.5.